The third-order valence-electron chi connectivity index (χ3n) is 4.88. The molecule has 2 aromatic carbocycles. The number of carbonyl (C=O) groups is 1. The molecule has 2 heterocycles. The first-order chi connectivity index (χ1) is 15.0. The highest BCUT2D eigenvalue weighted by Crippen LogP contribution is 2.35. The predicted molar refractivity (Wildman–Crippen MR) is 109 cm³/mol. The molecule has 2 aliphatic rings. The van der Waals surface area contributed by atoms with Gasteiger partial charge in [0.1, 0.15) is 11.8 Å². The monoisotopic (exact) mass is 425 g/mol. The van der Waals surface area contributed by atoms with Gasteiger partial charge >= 0.3 is 5.91 Å². The first-order valence-corrected chi connectivity index (χ1v) is 9.39. The molecular formula is C21H19N3O7. The van der Waals surface area contributed by atoms with Crippen LogP contribution in [0.25, 0.3) is 0 Å². The molecule has 0 radical (unpaired) electrons. The second-order valence-electron chi connectivity index (χ2n) is 6.68. The van der Waals surface area contributed by atoms with Gasteiger partial charge in [-0.2, -0.15) is 5.10 Å². The summed E-state index contributed by atoms with van der Waals surface area (Å²) in [7, 11) is 3.10. The molecule has 0 saturated heterocycles. The van der Waals surface area contributed by atoms with Gasteiger partial charge in [0, 0.05) is 18.1 Å². The smallest absolute Gasteiger partial charge is 0.312 e. The van der Waals surface area contributed by atoms with Gasteiger partial charge in [-0.05, 0) is 24.3 Å². The topological polar surface area (TPSA) is 113 Å². The van der Waals surface area contributed by atoms with Crippen LogP contribution in [-0.2, 0) is 14.3 Å². The van der Waals surface area contributed by atoms with Crippen molar-refractivity contribution in [1.82, 2.24) is 5.01 Å². The van der Waals surface area contributed by atoms with E-state index in [1.54, 1.807) is 38.5 Å². The average Bonchev–Trinajstić information content (AvgIpc) is 3.48. The summed E-state index contributed by atoms with van der Waals surface area (Å²) in [5, 5.41) is 16.9. The first-order valence-electron chi connectivity index (χ1n) is 9.39. The number of hydrogen-bond donors (Lipinski definition) is 0. The van der Waals surface area contributed by atoms with E-state index in [1.165, 1.54) is 17.1 Å². The molecule has 0 N–H and O–H groups in total. The largest absolute Gasteiger partial charge is 0.493 e. The quantitative estimate of drug-likeness (QED) is 0.516. The zero-order chi connectivity index (χ0) is 22.0. The molecule has 1 amide bonds. The van der Waals surface area contributed by atoms with Crippen LogP contribution in [0.15, 0.2) is 59.6 Å². The van der Waals surface area contributed by atoms with Gasteiger partial charge in [0.05, 0.1) is 31.4 Å². The SMILES string of the molecule is COc1ccc(C2=NN(C(=O)C3=COC(c4ccccc4[N+](=O)[O-])O3)CC2)cc1OC. The van der Waals surface area contributed by atoms with Crippen molar-refractivity contribution in [3.8, 4) is 11.5 Å². The number of methoxy groups -OCH3 is 2. The van der Waals surface area contributed by atoms with Crippen LogP contribution in [0.1, 0.15) is 23.8 Å². The molecule has 10 heteroatoms. The second-order valence-corrected chi connectivity index (χ2v) is 6.68. The molecule has 2 aliphatic heterocycles. The second kappa shape index (κ2) is 8.34. The maximum absolute atomic E-state index is 12.8. The van der Waals surface area contributed by atoms with Gasteiger partial charge in [0.15, 0.2) is 11.5 Å². The van der Waals surface area contributed by atoms with Gasteiger partial charge in [-0.15, -0.1) is 0 Å². The van der Waals surface area contributed by atoms with E-state index < -0.39 is 17.1 Å². The Morgan fingerprint density at radius 1 is 1.19 bits per heavy atom. The summed E-state index contributed by atoms with van der Waals surface area (Å²) >= 11 is 0. The van der Waals surface area contributed by atoms with Crippen LogP contribution in [0, 0.1) is 10.1 Å². The Morgan fingerprint density at radius 2 is 1.97 bits per heavy atom. The third-order valence-corrected chi connectivity index (χ3v) is 4.88. The van der Waals surface area contributed by atoms with Crippen LogP contribution in [0.2, 0.25) is 0 Å². The normalized spacial score (nSPS) is 17.4. The summed E-state index contributed by atoms with van der Waals surface area (Å²) in [6.45, 7) is 0.360. The standard InChI is InChI=1S/C21H19N3O7/c1-28-17-8-7-13(11-18(17)29-2)15-9-10-23(22-15)20(25)19-12-30-21(31-19)14-5-3-4-6-16(14)24(26)27/h3-8,11-12,21H,9-10H2,1-2H3. The fraction of sp³-hybridized carbons (Fsp3) is 0.238. The Hall–Kier alpha value is -4.08. The van der Waals surface area contributed by atoms with Gasteiger partial charge in [-0.3, -0.25) is 14.9 Å². The number of amides is 1. The van der Waals surface area contributed by atoms with Crippen LogP contribution in [0.3, 0.4) is 0 Å². The van der Waals surface area contributed by atoms with E-state index in [1.807, 2.05) is 6.07 Å². The Kier molecular flexibility index (Phi) is 5.44. The van der Waals surface area contributed by atoms with Crippen molar-refractivity contribution in [3.63, 3.8) is 0 Å². The Balaban J connectivity index is 1.48. The molecule has 0 saturated carbocycles. The molecule has 1 unspecified atom stereocenters. The molecule has 0 aromatic heterocycles. The highest BCUT2D eigenvalue weighted by atomic mass is 16.7. The van der Waals surface area contributed by atoms with Crippen molar-refractivity contribution in [2.45, 2.75) is 12.7 Å². The number of hydrogen-bond acceptors (Lipinski definition) is 8. The number of ether oxygens (including phenoxy) is 4. The van der Waals surface area contributed by atoms with Crippen molar-refractivity contribution in [2.75, 3.05) is 20.8 Å². The first kappa shape index (κ1) is 20.2. The minimum absolute atomic E-state index is 0.0690. The number of hydrazone groups is 1. The van der Waals surface area contributed by atoms with Crippen LogP contribution >= 0.6 is 0 Å². The van der Waals surface area contributed by atoms with E-state index in [2.05, 4.69) is 5.10 Å². The Labute approximate surface area is 177 Å². The number of nitro benzene ring substituents is 1. The molecule has 160 valence electrons. The van der Waals surface area contributed by atoms with Crippen molar-refractivity contribution in [2.24, 2.45) is 5.10 Å². The van der Waals surface area contributed by atoms with Crippen LogP contribution in [0.5, 0.6) is 11.5 Å². The summed E-state index contributed by atoms with van der Waals surface area (Å²) in [5.74, 6) is 0.604. The van der Waals surface area contributed by atoms with E-state index >= 15 is 0 Å². The molecule has 0 bridgehead atoms. The number of nitro groups is 1. The van der Waals surface area contributed by atoms with Crippen LogP contribution < -0.4 is 9.47 Å². The summed E-state index contributed by atoms with van der Waals surface area (Å²) in [6, 6.07) is 11.5. The molecule has 0 fully saturated rings. The zero-order valence-corrected chi connectivity index (χ0v) is 16.8. The lowest BCUT2D eigenvalue weighted by Crippen LogP contribution is -2.25. The molecule has 4 rings (SSSR count). The fourth-order valence-corrected chi connectivity index (χ4v) is 3.33. The molecule has 31 heavy (non-hydrogen) atoms. The molecule has 10 nitrogen and oxygen atoms in total. The van der Waals surface area contributed by atoms with Gasteiger partial charge in [0.25, 0.3) is 12.0 Å². The number of rotatable bonds is 6. The lowest BCUT2D eigenvalue weighted by Gasteiger charge is -2.14. The highest BCUT2D eigenvalue weighted by Gasteiger charge is 2.34. The summed E-state index contributed by atoms with van der Waals surface area (Å²) in [5.41, 5.74) is 1.60. The Bertz CT molecular complexity index is 1100. The molecular weight excluding hydrogens is 406 g/mol. The average molecular weight is 425 g/mol. The number of para-hydroxylation sites is 1. The van der Waals surface area contributed by atoms with Gasteiger partial charge in [-0.25, -0.2) is 5.01 Å². The number of nitrogens with zero attached hydrogens (tertiary/aromatic N) is 3. The van der Waals surface area contributed by atoms with Crippen LogP contribution in [0.4, 0.5) is 5.69 Å². The molecule has 1 atom stereocenters. The van der Waals surface area contributed by atoms with Crippen molar-refractivity contribution in [3.05, 3.63) is 75.7 Å². The third kappa shape index (κ3) is 3.87. The molecule has 0 aliphatic carbocycles. The maximum atomic E-state index is 12.8. The van der Waals surface area contributed by atoms with Gasteiger partial charge in [0.2, 0.25) is 5.76 Å². The fourth-order valence-electron chi connectivity index (χ4n) is 3.33. The minimum atomic E-state index is -1.07. The van der Waals surface area contributed by atoms with E-state index in [0.29, 0.717) is 30.2 Å². The molecule has 0 spiro atoms. The number of carbonyl (C=O) groups excluding carboxylic acids is 1. The maximum Gasteiger partial charge on any atom is 0.312 e. The highest BCUT2D eigenvalue weighted by molar-refractivity contribution is 6.04. The lowest BCUT2D eigenvalue weighted by atomic mass is 10.1. The van der Waals surface area contributed by atoms with Gasteiger partial charge < -0.3 is 18.9 Å². The van der Waals surface area contributed by atoms with E-state index in [-0.39, 0.29) is 17.0 Å². The van der Waals surface area contributed by atoms with E-state index in [0.717, 1.165) is 11.8 Å². The van der Waals surface area contributed by atoms with Crippen LogP contribution in [-0.4, -0.2) is 42.3 Å². The number of benzene rings is 2. The van der Waals surface area contributed by atoms with E-state index in [4.69, 9.17) is 18.9 Å². The minimum Gasteiger partial charge on any atom is -0.493 e. The van der Waals surface area contributed by atoms with Crippen molar-refractivity contribution < 1.29 is 28.7 Å². The zero-order valence-electron chi connectivity index (χ0n) is 16.8. The summed E-state index contributed by atoms with van der Waals surface area (Å²) in [4.78, 5) is 23.5. The van der Waals surface area contributed by atoms with E-state index in [9.17, 15) is 14.9 Å². The predicted octanol–water partition coefficient (Wildman–Crippen LogP) is 3.14. The summed E-state index contributed by atoms with van der Waals surface area (Å²) in [6.07, 6.45) is 0.633. The molecule has 2 aromatic rings. The summed E-state index contributed by atoms with van der Waals surface area (Å²) < 4.78 is 21.5. The lowest BCUT2D eigenvalue weighted by molar-refractivity contribution is -0.386. The Morgan fingerprint density at radius 3 is 2.71 bits per heavy atom. The van der Waals surface area contributed by atoms with Crippen molar-refractivity contribution >= 4 is 17.3 Å². The van der Waals surface area contributed by atoms with Gasteiger partial charge in [-0.1, -0.05) is 12.1 Å². The van der Waals surface area contributed by atoms with Crippen molar-refractivity contribution in [1.29, 1.82) is 0 Å².